The smallest absolute Gasteiger partial charge is 0.252 e. The van der Waals surface area contributed by atoms with E-state index in [4.69, 9.17) is 5.14 Å². The van der Waals surface area contributed by atoms with Gasteiger partial charge in [0.05, 0.1) is 5.56 Å². The van der Waals surface area contributed by atoms with Crippen molar-refractivity contribution in [2.45, 2.75) is 24.0 Å². The van der Waals surface area contributed by atoms with Gasteiger partial charge in [-0.1, -0.05) is 6.92 Å². The van der Waals surface area contributed by atoms with Gasteiger partial charge < -0.3 is 10.6 Å². The molecule has 1 fully saturated rings. The van der Waals surface area contributed by atoms with Gasteiger partial charge in [-0.05, 0) is 37.4 Å². The Morgan fingerprint density at radius 1 is 1.48 bits per heavy atom. The van der Waals surface area contributed by atoms with Crippen molar-refractivity contribution in [3.05, 3.63) is 17.0 Å². The molecule has 2 rings (SSSR count). The number of nitrogens with one attached hydrogen (secondary N) is 2. The van der Waals surface area contributed by atoms with Crippen LogP contribution in [-0.2, 0) is 10.0 Å². The fourth-order valence-corrected chi connectivity index (χ4v) is 3.77. The van der Waals surface area contributed by atoms with Crippen LogP contribution >= 0.6 is 23.7 Å². The summed E-state index contributed by atoms with van der Waals surface area (Å²) in [6, 6.07) is 1.32. The van der Waals surface area contributed by atoms with Gasteiger partial charge in [0.1, 0.15) is 4.21 Å². The number of carbonyl (C=O) groups is 1. The van der Waals surface area contributed by atoms with E-state index in [1.54, 1.807) is 0 Å². The first-order valence-corrected chi connectivity index (χ1v) is 8.83. The van der Waals surface area contributed by atoms with Crippen molar-refractivity contribution in [3.8, 4) is 0 Å². The normalized spacial score (nSPS) is 17.8. The Bertz CT molecular complexity index is 595. The van der Waals surface area contributed by atoms with Crippen LogP contribution in [0.4, 0.5) is 0 Å². The Labute approximate surface area is 135 Å². The highest BCUT2D eigenvalue weighted by Crippen LogP contribution is 2.27. The molecule has 1 aliphatic rings. The van der Waals surface area contributed by atoms with E-state index in [9.17, 15) is 13.2 Å². The molecule has 0 aromatic carbocycles. The van der Waals surface area contributed by atoms with Crippen LogP contribution in [-0.4, -0.2) is 34.0 Å². The summed E-state index contributed by atoms with van der Waals surface area (Å²) in [7, 11) is -3.73. The molecule has 0 unspecified atom stereocenters. The zero-order chi connectivity index (χ0) is 14.8. The third kappa shape index (κ3) is 4.93. The minimum Gasteiger partial charge on any atom is -0.351 e. The highest BCUT2D eigenvalue weighted by atomic mass is 35.5. The highest BCUT2D eigenvalue weighted by Gasteiger charge is 2.27. The van der Waals surface area contributed by atoms with E-state index in [1.165, 1.54) is 11.4 Å². The van der Waals surface area contributed by atoms with Gasteiger partial charge in [-0.3, -0.25) is 4.79 Å². The number of piperidine rings is 1. The van der Waals surface area contributed by atoms with Gasteiger partial charge >= 0.3 is 0 Å². The quantitative estimate of drug-likeness (QED) is 0.749. The lowest BCUT2D eigenvalue weighted by Crippen LogP contribution is -2.42. The van der Waals surface area contributed by atoms with E-state index < -0.39 is 10.0 Å². The number of halogens is 1. The van der Waals surface area contributed by atoms with Crippen molar-refractivity contribution in [2.75, 3.05) is 19.6 Å². The summed E-state index contributed by atoms with van der Waals surface area (Å²) in [4.78, 5) is 12.0. The Morgan fingerprint density at radius 2 is 2.10 bits per heavy atom. The molecule has 1 saturated heterocycles. The first-order valence-electron chi connectivity index (χ1n) is 6.40. The molecule has 1 aromatic rings. The zero-order valence-corrected chi connectivity index (χ0v) is 14.2. The lowest BCUT2D eigenvalue weighted by Gasteiger charge is -2.34. The molecule has 0 bridgehead atoms. The lowest BCUT2D eigenvalue weighted by molar-refractivity contribution is 0.0922. The van der Waals surface area contributed by atoms with Gasteiger partial charge in [-0.2, -0.15) is 0 Å². The summed E-state index contributed by atoms with van der Waals surface area (Å²) in [6.45, 7) is 4.66. The first kappa shape index (κ1) is 18.4. The Hall–Kier alpha value is -0.670. The number of rotatable bonds is 4. The maximum Gasteiger partial charge on any atom is 0.252 e. The van der Waals surface area contributed by atoms with Crippen LogP contribution in [0, 0.1) is 5.41 Å². The molecule has 6 nitrogen and oxygen atoms in total. The minimum absolute atomic E-state index is 0. The van der Waals surface area contributed by atoms with Gasteiger partial charge in [-0.15, -0.1) is 23.7 Å². The predicted molar refractivity (Wildman–Crippen MR) is 85.5 cm³/mol. The molecule has 0 radical (unpaired) electrons. The largest absolute Gasteiger partial charge is 0.351 e. The molecule has 0 aliphatic carbocycles. The van der Waals surface area contributed by atoms with Gasteiger partial charge in [0.15, 0.2) is 0 Å². The van der Waals surface area contributed by atoms with Gasteiger partial charge in [0, 0.05) is 11.9 Å². The number of sulfonamides is 1. The van der Waals surface area contributed by atoms with Crippen molar-refractivity contribution >= 4 is 39.7 Å². The molecular weight excluding hydrogens is 334 g/mol. The fourth-order valence-electron chi connectivity index (χ4n) is 2.19. The van der Waals surface area contributed by atoms with Crippen molar-refractivity contribution in [3.63, 3.8) is 0 Å². The van der Waals surface area contributed by atoms with Crippen LogP contribution in [0.3, 0.4) is 0 Å². The summed E-state index contributed by atoms with van der Waals surface area (Å²) >= 11 is 0.962. The average molecular weight is 354 g/mol. The van der Waals surface area contributed by atoms with Crippen LogP contribution in [0.5, 0.6) is 0 Å². The molecule has 1 amide bonds. The van der Waals surface area contributed by atoms with Crippen molar-refractivity contribution < 1.29 is 13.2 Å². The van der Waals surface area contributed by atoms with E-state index in [0.29, 0.717) is 12.1 Å². The molecule has 1 aliphatic heterocycles. The Balaban J connectivity index is 0.00000220. The third-order valence-electron chi connectivity index (χ3n) is 3.60. The molecule has 4 N–H and O–H groups in total. The van der Waals surface area contributed by atoms with Crippen molar-refractivity contribution in [1.82, 2.24) is 10.6 Å². The van der Waals surface area contributed by atoms with Gasteiger partial charge in [0.2, 0.25) is 10.0 Å². The highest BCUT2D eigenvalue weighted by molar-refractivity contribution is 7.91. The van der Waals surface area contributed by atoms with E-state index in [1.807, 2.05) is 0 Å². The maximum atomic E-state index is 12.0. The van der Waals surface area contributed by atoms with Crippen LogP contribution in [0.2, 0.25) is 0 Å². The minimum atomic E-state index is -3.73. The summed E-state index contributed by atoms with van der Waals surface area (Å²) in [5, 5.41) is 12.7. The number of hydrogen-bond acceptors (Lipinski definition) is 5. The Morgan fingerprint density at radius 3 is 2.62 bits per heavy atom. The zero-order valence-electron chi connectivity index (χ0n) is 11.7. The second-order valence-corrected chi connectivity index (χ2v) is 8.14. The fraction of sp³-hybridized carbons (Fsp3) is 0.583. The van der Waals surface area contributed by atoms with Crippen LogP contribution < -0.4 is 15.8 Å². The van der Waals surface area contributed by atoms with Crippen molar-refractivity contribution in [1.29, 1.82) is 0 Å². The number of hydrogen-bond donors (Lipinski definition) is 3. The summed E-state index contributed by atoms with van der Waals surface area (Å²) in [5.41, 5.74) is 0.441. The number of nitrogens with two attached hydrogens (primary N) is 1. The molecule has 21 heavy (non-hydrogen) atoms. The van der Waals surface area contributed by atoms with E-state index in [-0.39, 0.29) is 27.9 Å². The number of primary sulfonamides is 1. The number of amides is 1. The van der Waals surface area contributed by atoms with Crippen molar-refractivity contribution in [2.24, 2.45) is 10.6 Å². The predicted octanol–water partition coefficient (Wildman–Crippen LogP) is 0.937. The Kier molecular flexibility index (Phi) is 6.18. The maximum absolute atomic E-state index is 12.0. The van der Waals surface area contributed by atoms with Gasteiger partial charge in [-0.25, -0.2) is 13.6 Å². The molecule has 120 valence electrons. The van der Waals surface area contributed by atoms with Gasteiger partial charge in [0.25, 0.3) is 5.91 Å². The third-order valence-corrected chi connectivity index (χ3v) is 5.99. The lowest BCUT2D eigenvalue weighted by atomic mass is 9.81. The topological polar surface area (TPSA) is 101 Å². The number of carbonyl (C=O) groups excluding carboxylic acids is 1. The standard InChI is InChI=1S/C12H19N3O3S2.ClH/c1-12(2-4-14-5-3-12)8-15-11(16)9-6-10(19-7-9)20(13,17)18;/h6-7,14H,2-5,8H2,1H3,(H,15,16)(H2,13,17,18);1H. The van der Waals surface area contributed by atoms with Crippen LogP contribution in [0.15, 0.2) is 15.7 Å². The summed E-state index contributed by atoms with van der Waals surface area (Å²) in [5.74, 6) is -0.254. The summed E-state index contributed by atoms with van der Waals surface area (Å²) in [6.07, 6.45) is 2.03. The van der Waals surface area contributed by atoms with E-state index >= 15 is 0 Å². The molecule has 9 heteroatoms. The second-order valence-electron chi connectivity index (χ2n) is 5.44. The summed E-state index contributed by atoms with van der Waals surface area (Å²) < 4.78 is 22.4. The average Bonchev–Trinajstić information content (AvgIpc) is 2.86. The van der Waals surface area contributed by atoms with Crippen LogP contribution in [0.25, 0.3) is 0 Å². The SMILES string of the molecule is CC1(CNC(=O)c2csc(S(N)(=O)=O)c2)CCNCC1.Cl. The molecule has 2 heterocycles. The van der Waals surface area contributed by atoms with E-state index in [2.05, 4.69) is 17.6 Å². The monoisotopic (exact) mass is 353 g/mol. The molecule has 1 aromatic heterocycles. The molecule has 0 atom stereocenters. The first-order chi connectivity index (χ1) is 9.30. The second kappa shape index (κ2) is 7.06. The molecule has 0 saturated carbocycles. The molecular formula is C12H20ClN3O3S2. The number of thiophene rings is 1. The molecule has 0 spiro atoms. The van der Waals surface area contributed by atoms with E-state index in [0.717, 1.165) is 37.3 Å². The van der Waals surface area contributed by atoms with Crippen LogP contribution in [0.1, 0.15) is 30.1 Å².